The molecule has 110 valence electrons. The summed E-state index contributed by atoms with van der Waals surface area (Å²) in [6.07, 6.45) is 5.34. The molecule has 1 saturated carbocycles. The fourth-order valence-electron chi connectivity index (χ4n) is 2.60. The maximum absolute atomic E-state index is 11.9. The van der Waals surface area contributed by atoms with Crippen LogP contribution in [0.3, 0.4) is 0 Å². The minimum absolute atomic E-state index is 0.177. The van der Waals surface area contributed by atoms with Gasteiger partial charge in [0.05, 0.1) is 0 Å². The van der Waals surface area contributed by atoms with Crippen molar-refractivity contribution in [3.8, 4) is 0 Å². The molecule has 0 saturated heterocycles. The van der Waals surface area contributed by atoms with Crippen LogP contribution in [0, 0.1) is 5.92 Å². The predicted octanol–water partition coefficient (Wildman–Crippen LogP) is 2.51. The summed E-state index contributed by atoms with van der Waals surface area (Å²) in [5, 5.41) is 14.7. The molecule has 0 aliphatic heterocycles. The molecule has 0 aromatic rings. The summed E-state index contributed by atoms with van der Waals surface area (Å²) in [5.74, 6) is -0.257. The van der Waals surface area contributed by atoms with Gasteiger partial charge in [0.2, 0.25) is 0 Å². The van der Waals surface area contributed by atoms with Gasteiger partial charge in [-0.15, -0.1) is 0 Å². The number of nitrogens with one attached hydrogen (secondary N) is 2. The van der Waals surface area contributed by atoms with Gasteiger partial charge in [0.15, 0.2) is 0 Å². The molecule has 0 heterocycles. The molecule has 1 fully saturated rings. The lowest BCUT2D eigenvalue weighted by molar-refractivity contribution is -0.144. The number of urea groups is 1. The van der Waals surface area contributed by atoms with Gasteiger partial charge in [-0.1, -0.05) is 20.3 Å². The van der Waals surface area contributed by atoms with Gasteiger partial charge in [-0.05, 0) is 44.9 Å². The third-order valence-electron chi connectivity index (χ3n) is 3.96. The molecule has 2 amide bonds. The third kappa shape index (κ3) is 4.73. The van der Waals surface area contributed by atoms with Crippen molar-refractivity contribution in [2.24, 2.45) is 5.92 Å². The summed E-state index contributed by atoms with van der Waals surface area (Å²) in [5.41, 5.74) is -1.18. The third-order valence-corrected chi connectivity index (χ3v) is 3.96. The number of amides is 2. The zero-order chi connectivity index (χ0) is 14.5. The maximum atomic E-state index is 11.9. The van der Waals surface area contributed by atoms with Gasteiger partial charge in [0.25, 0.3) is 0 Å². The van der Waals surface area contributed by atoms with E-state index in [0.29, 0.717) is 12.8 Å². The second-order valence-electron chi connectivity index (χ2n) is 5.94. The van der Waals surface area contributed by atoms with Crippen LogP contribution in [0.15, 0.2) is 0 Å². The molecule has 19 heavy (non-hydrogen) atoms. The average molecular weight is 270 g/mol. The number of hydrogen-bond acceptors (Lipinski definition) is 2. The van der Waals surface area contributed by atoms with Crippen LogP contribution in [-0.4, -0.2) is 28.7 Å². The molecule has 3 N–H and O–H groups in total. The first-order valence-electron chi connectivity index (χ1n) is 7.19. The Morgan fingerprint density at radius 2 is 1.84 bits per heavy atom. The van der Waals surface area contributed by atoms with E-state index < -0.39 is 11.5 Å². The fraction of sp³-hybridized carbons (Fsp3) is 0.857. The van der Waals surface area contributed by atoms with Crippen molar-refractivity contribution < 1.29 is 14.7 Å². The number of aliphatic carboxylic acids is 1. The SMILES string of the molecule is CCCC(C)(NC(=O)NC1CCC(C)CC1)C(=O)O. The highest BCUT2D eigenvalue weighted by Crippen LogP contribution is 2.23. The zero-order valence-corrected chi connectivity index (χ0v) is 12.2. The van der Waals surface area contributed by atoms with Gasteiger partial charge >= 0.3 is 12.0 Å². The van der Waals surface area contributed by atoms with Crippen molar-refractivity contribution in [3.05, 3.63) is 0 Å². The summed E-state index contributed by atoms with van der Waals surface area (Å²) in [7, 11) is 0. The Labute approximate surface area is 115 Å². The van der Waals surface area contributed by atoms with E-state index in [2.05, 4.69) is 17.6 Å². The smallest absolute Gasteiger partial charge is 0.329 e. The minimum atomic E-state index is -1.18. The van der Waals surface area contributed by atoms with E-state index in [1.807, 2.05) is 6.92 Å². The quantitative estimate of drug-likeness (QED) is 0.718. The second-order valence-corrected chi connectivity index (χ2v) is 5.94. The number of carbonyl (C=O) groups excluding carboxylic acids is 1. The Balaban J connectivity index is 2.47. The van der Waals surface area contributed by atoms with Crippen LogP contribution >= 0.6 is 0 Å². The summed E-state index contributed by atoms with van der Waals surface area (Å²) in [4.78, 5) is 23.1. The number of carboxylic acid groups (broad SMARTS) is 1. The highest BCUT2D eigenvalue weighted by atomic mass is 16.4. The van der Waals surface area contributed by atoms with E-state index in [1.54, 1.807) is 6.92 Å². The van der Waals surface area contributed by atoms with Gasteiger partial charge < -0.3 is 15.7 Å². The molecular formula is C14H26N2O3. The average Bonchev–Trinajstić information content (AvgIpc) is 2.32. The number of hydrogen-bond donors (Lipinski definition) is 3. The topological polar surface area (TPSA) is 78.4 Å². The van der Waals surface area contributed by atoms with E-state index in [0.717, 1.165) is 31.6 Å². The van der Waals surface area contributed by atoms with Gasteiger partial charge in [-0.25, -0.2) is 9.59 Å². The minimum Gasteiger partial charge on any atom is -0.480 e. The van der Waals surface area contributed by atoms with Crippen molar-refractivity contribution in [3.63, 3.8) is 0 Å². The first kappa shape index (κ1) is 15.8. The Bertz CT molecular complexity index is 325. The van der Waals surface area contributed by atoms with E-state index in [4.69, 9.17) is 0 Å². The summed E-state index contributed by atoms with van der Waals surface area (Å²) in [6.45, 7) is 5.68. The molecule has 0 bridgehead atoms. The second kappa shape index (κ2) is 6.78. The van der Waals surface area contributed by atoms with Crippen molar-refractivity contribution in [2.45, 2.75) is 70.9 Å². The van der Waals surface area contributed by atoms with Crippen molar-refractivity contribution >= 4 is 12.0 Å². The lowest BCUT2D eigenvalue weighted by Gasteiger charge is -2.30. The number of rotatable bonds is 5. The Morgan fingerprint density at radius 3 is 2.32 bits per heavy atom. The van der Waals surface area contributed by atoms with E-state index in [-0.39, 0.29) is 12.1 Å². The molecular weight excluding hydrogens is 244 g/mol. The standard InChI is InChI=1S/C14H26N2O3/c1-4-9-14(3,12(17)18)16-13(19)15-11-7-5-10(2)6-8-11/h10-11H,4-9H2,1-3H3,(H,17,18)(H2,15,16,19). The largest absolute Gasteiger partial charge is 0.480 e. The van der Waals surface area contributed by atoms with Crippen LogP contribution in [0.25, 0.3) is 0 Å². The van der Waals surface area contributed by atoms with Gasteiger partial charge in [0.1, 0.15) is 5.54 Å². The summed E-state index contributed by atoms with van der Waals surface area (Å²) < 4.78 is 0. The first-order chi connectivity index (χ1) is 8.87. The van der Waals surface area contributed by atoms with Crippen molar-refractivity contribution in [1.82, 2.24) is 10.6 Å². The molecule has 5 heteroatoms. The Hall–Kier alpha value is -1.26. The van der Waals surface area contributed by atoms with Crippen LogP contribution in [0.5, 0.6) is 0 Å². The molecule has 0 radical (unpaired) electrons. The fourth-order valence-corrected chi connectivity index (χ4v) is 2.60. The molecule has 1 aliphatic carbocycles. The molecule has 1 atom stereocenters. The highest BCUT2D eigenvalue weighted by molar-refractivity contribution is 5.85. The van der Waals surface area contributed by atoms with Crippen LogP contribution < -0.4 is 10.6 Å². The molecule has 0 aromatic heterocycles. The van der Waals surface area contributed by atoms with Crippen molar-refractivity contribution in [2.75, 3.05) is 0 Å². The monoisotopic (exact) mass is 270 g/mol. The number of carboxylic acids is 1. The molecule has 1 unspecified atom stereocenters. The predicted molar refractivity (Wildman–Crippen MR) is 74.0 cm³/mol. The molecule has 0 aromatic carbocycles. The summed E-state index contributed by atoms with van der Waals surface area (Å²) >= 11 is 0. The zero-order valence-electron chi connectivity index (χ0n) is 12.2. The number of carbonyl (C=O) groups is 2. The molecule has 1 aliphatic rings. The Morgan fingerprint density at radius 1 is 1.26 bits per heavy atom. The summed E-state index contributed by atoms with van der Waals surface area (Å²) in [6, 6.07) is -0.186. The van der Waals surface area contributed by atoms with E-state index in [9.17, 15) is 14.7 Å². The normalized spacial score (nSPS) is 26.3. The van der Waals surface area contributed by atoms with Crippen molar-refractivity contribution in [1.29, 1.82) is 0 Å². The maximum Gasteiger partial charge on any atom is 0.329 e. The van der Waals surface area contributed by atoms with Crippen LogP contribution in [0.4, 0.5) is 4.79 Å². The highest BCUT2D eigenvalue weighted by Gasteiger charge is 2.34. The van der Waals surface area contributed by atoms with E-state index in [1.165, 1.54) is 0 Å². The van der Waals surface area contributed by atoms with Crippen LogP contribution in [0.1, 0.15) is 59.3 Å². The van der Waals surface area contributed by atoms with Gasteiger partial charge in [0, 0.05) is 6.04 Å². The lowest BCUT2D eigenvalue weighted by Crippen LogP contribution is -2.56. The van der Waals surface area contributed by atoms with Gasteiger partial charge in [-0.2, -0.15) is 0 Å². The molecule has 0 spiro atoms. The lowest BCUT2D eigenvalue weighted by atomic mass is 9.87. The van der Waals surface area contributed by atoms with Crippen LogP contribution in [-0.2, 0) is 4.79 Å². The molecule has 5 nitrogen and oxygen atoms in total. The first-order valence-corrected chi connectivity index (χ1v) is 7.19. The van der Waals surface area contributed by atoms with Crippen LogP contribution in [0.2, 0.25) is 0 Å². The molecule has 1 rings (SSSR count). The van der Waals surface area contributed by atoms with Gasteiger partial charge in [-0.3, -0.25) is 0 Å². The Kier molecular flexibility index (Phi) is 5.63. The van der Waals surface area contributed by atoms with E-state index >= 15 is 0 Å².